The largest absolute Gasteiger partial charge is 0.293 e. The lowest BCUT2D eigenvalue weighted by atomic mass is 9.90. The number of amides is 2. The second-order valence-corrected chi connectivity index (χ2v) is 12.0. The van der Waals surface area contributed by atoms with E-state index in [1.807, 2.05) is 65.8 Å². The minimum Gasteiger partial charge on any atom is -0.293 e. The van der Waals surface area contributed by atoms with Crippen molar-refractivity contribution >= 4 is 44.8 Å². The summed E-state index contributed by atoms with van der Waals surface area (Å²) in [5.41, 5.74) is 0.980. The van der Waals surface area contributed by atoms with Gasteiger partial charge in [-0.05, 0) is 35.1 Å². The van der Waals surface area contributed by atoms with Gasteiger partial charge < -0.3 is 0 Å². The van der Waals surface area contributed by atoms with Crippen molar-refractivity contribution < 1.29 is 14.0 Å². The number of carbonyl (C=O) groups is 2. The van der Waals surface area contributed by atoms with Crippen molar-refractivity contribution in [2.45, 2.75) is 54.4 Å². The van der Waals surface area contributed by atoms with Crippen LogP contribution in [0.5, 0.6) is 0 Å². The van der Waals surface area contributed by atoms with Crippen molar-refractivity contribution in [1.82, 2.24) is 14.4 Å². The fourth-order valence-electron chi connectivity index (χ4n) is 3.78. The van der Waals surface area contributed by atoms with E-state index in [0.29, 0.717) is 16.3 Å². The molecule has 4 aromatic rings. The molecule has 3 heterocycles. The highest BCUT2D eigenvalue weighted by Gasteiger charge is 2.34. The van der Waals surface area contributed by atoms with E-state index in [1.165, 1.54) is 34.6 Å². The molecule has 0 unspecified atom stereocenters. The number of halogens is 1. The van der Waals surface area contributed by atoms with Crippen molar-refractivity contribution in [3.63, 3.8) is 0 Å². The average Bonchev–Trinajstić information content (AvgIpc) is 3.25. The molecule has 4 rings (SSSR count). The summed E-state index contributed by atoms with van der Waals surface area (Å²) in [5.74, 6) is -0.943. The minimum absolute atomic E-state index is 0.157. The summed E-state index contributed by atoms with van der Waals surface area (Å²) in [6.45, 7) is 11.7. The van der Waals surface area contributed by atoms with Crippen LogP contribution in [0.2, 0.25) is 0 Å². The lowest BCUT2D eigenvalue weighted by molar-refractivity contribution is -0.128. The van der Waals surface area contributed by atoms with Gasteiger partial charge in [0.2, 0.25) is 11.8 Å². The molecule has 2 amide bonds. The molecule has 1 aromatic carbocycles. The first-order valence-electron chi connectivity index (χ1n) is 11.2. The van der Waals surface area contributed by atoms with E-state index in [1.54, 1.807) is 4.40 Å². The SMILES string of the molecule is CC(C)(C)CC(=O)N(C(=O)CC(C)(C)C)c1nc2ccc(F)cn2c1-c1nc2ccccc2s1. The van der Waals surface area contributed by atoms with Crippen molar-refractivity contribution in [3.8, 4) is 10.7 Å². The Morgan fingerprint density at radius 3 is 2.15 bits per heavy atom. The Labute approximate surface area is 202 Å². The van der Waals surface area contributed by atoms with Gasteiger partial charge in [-0.1, -0.05) is 53.7 Å². The molecule has 0 atom stereocenters. The molecule has 0 bridgehead atoms. The molecule has 3 aromatic heterocycles. The molecule has 0 saturated carbocycles. The van der Waals surface area contributed by atoms with Crippen LogP contribution in [-0.2, 0) is 9.59 Å². The van der Waals surface area contributed by atoms with Gasteiger partial charge in [-0.25, -0.2) is 19.3 Å². The van der Waals surface area contributed by atoms with Crippen molar-refractivity contribution in [1.29, 1.82) is 0 Å². The first-order valence-corrected chi connectivity index (χ1v) is 12.0. The van der Waals surface area contributed by atoms with Gasteiger partial charge in [0.1, 0.15) is 22.2 Å². The van der Waals surface area contributed by atoms with Crippen LogP contribution in [0, 0.1) is 16.6 Å². The van der Waals surface area contributed by atoms with Gasteiger partial charge in [-0.3, -0.25) is 14.0 Å². The van der Waals surface area contributed by atoms with Crippen LogP contribution in [0.1, 0.15) is 54.4 Å². The molecule has 0 aliphatic heterocycles. The fraction of sp³-hybridized carbons (Fsp3) is 0.385. The molecule has 8 heteroatoms. The number of thiazole rings is 1. The van der Waals surface area contributed by atoms with E-state index in [2.05, 4.69) is 4.98 Å². The zero-order chi connectivity index (χ0) is 24.8. The Hall–Kier alpha value is -3.13. The molecule has 0 spiro atoms. The third-order valence-electron chi connectivity index (χ3n) is 5.13. The molecule has 0 N–H and O–H groups in total. The van der Waals surface area contributed by atoms with E-state index < -0.39 is 5.82 Å². The zero-order valence-electron chi connectivity index (χ0n) is 20.3. The van der Waals surface area contributed by atoms with Gasteiger partial charge in [-0.2, -0.15) is 0 Å². The van der Waals surface area contributed by atoms with Crippen molar-refractivity contribution in [2.75, 3.05) is 4.90 Å². The second kappa shape index (κ2) is 8.58. The van der Waals surface area contributed by atoms with Gasteiger partial charge >= 0.3 is 0 Å². The molecule has 0 fully saturated rings. The smallest absolute Gasteiger partial charge is 0.235 e. The average molecular weight is 481 g/mol. The Kier molecular flexibility index (Phi) is 6.06. The van der Waals surface area contributed by atoms with Crippen LogP contribution in [-0.4, -0.2) is 26.2 Å². The molecule has 0 aliphatic rings. The maximum Gasteiger partial charge on any atom is 0.235 e. The molecule has 0 saturated heterocycles. The molecular formula is C26H29FN4O2S. The number of hydrogen-bond donors (Lipinski definition) is 0. The van der Waals surface area contributed by atoms with Gasteiger partial charge in [0.25, 0.3) is 0 Å². The number of hydrogen-bond acceptors (Lipinski definition) is 5. The summed E-state index contributed by atoms with van der Waals surface area (Å²) in [4.78, 5) is 37.7. The number of pyridine rings is 1. The first-order chi connectivity index (χ1) is 15.8. The second-order valence-electron chi connectivity index (χ2n) is 10.9. The third-order valence-corrected chi connectivity index (χ3v) is 6.18. The first kappa shape index (κ1) is 24.0. The molecule has 0 radical (unpaired) electrons. The quantitative estimate of drug-likeness (QED) is 0.335. The molecule has 34 heavy (non-hydrogen) atoms. The van der Waals surface area contributed by atoms with E-state index in [4.69, 9.17) is 4.98 Å². The summed E-state index contributed by atoms with van der Waals surface area (Å²) < 4.78 is 16.8. The summed E-state index contributed by atoms with van der Waals surface area (Å²) in [6, 6.07) is 10.5. The van der Waals surface area contributed by atoms with Crippen LogP contribution in [0.3, 0.4) is 0 Å². The van der Waals surface area contributed by atoms with Crippen LogP contribution in [0.15, 0.2) is 42.6 Å². The lowest BCUT2D eigenvalue weighted by Gasteiger charge is -2.27. The maximum absolute atomic E-state index is 14.3. The highest BCUT2D eigenvalue weighted by Crippen LogP contribution is 2.38. The van der Waals surface area contributed by atoms with Gasteiger partial charge in [0.15, 0.2) is 5.82 Å². The predicted molar refractivity (Wildman–Crippen MR) is 134 cm³/mol. The standard InChI is InChI=1S/C26H29FN4O2S/c1-25(2,3)13-20(32)31(21(33)14-26(4,5)6)23-22(30-15-16(27)11-12-19(30)29-23)24-28-17-9-7-8-10-18(17)34-24/h7-12,15H,13-14H2,1-6H3. The topological polar surface area (TPSA) is 67.6 Å². The molecule has 178 valence electrons. The van der Waals surface area contributed by atoms with Crippen molar-refractivity contribution in [3.05, 3.63) is 48.4 Å². The zero-order valence-corrected chi connectivity index (χ0v) is 21.2. The van der Waals surface area contributed by atoms with Crippen LogP contribution < -0.4 is 4.90 Å². The Bertz CT molecular complexity index is 1330. The number of aromatic nitrogens is 3. The number of fused-ring (bicyclic) bond motifs is 2. The van der Waals surface area contributed by atoms with Crippen LogP contribution in [0.4, 0.5) is 10.2 Å². The van der Waals surface area contributed by atoms with Gasteiger partial charge in [0.05, 0.1) is 10.2 Å². The number of carbonyl (C=O) groups excluding carboxylic acids is 2. The number of anilines is 1. The van der Waals surface area contributed by atoms with Crippen molar-refractivity contribution in [2.24, 2.45) is 10.8 Å². The summed E-state index contributed by atoms with van der Waals surface area (Å²) in [7, 11) is 0. The Morgan fingerprint density at radius 1 is 0.941 bits per heavy atom. The van der Waals surface area contributed by atoms with E-state index in [-0.39, 0.29) is 41.3 Å². The number of para-hydroxylation sites is 1. The number of imide groups is 1. The summed E-state index contributed by atoms with van der Waals surface area (Å²) in [5, 5.41) is 0.561. The Morgan fingerprint density at radius 2 is 1.56 bits per heavy atom. The van der Waals surface area contributed by atoms with E-state index in [0.717, 1.165) is 10.2 Å². The van der Waals surface area contributed by atoms with Crippen LogP contribution in [0.25, 0.3) is 26.6 Å². The minimum atomic E-state index is -0.451. The fourth-order valence-corrected chi connectivity index (χ4v) is 4.78. The van der Waals surface area contributed by atoms with Gasteiger partial charge in [0, 0.05) is 19.0 Å². The number of benzene rings is 1. The maximum atomic E-state index is 14.3. The van der Waals surface area contributed by atoms with Gasteiger partial charge in [-0.15, -0.1) is 11.3 Å². The molecule has 6 nitrogen and oxygen atoms in total. The van der Waals surface area contributed by atoms with E-state index in [9.17, 15) is 14.0 Å². The normalized spacial score (nSPS) is 12.4. The van der Waals surface area contributed by atoms with E-state index >= 15 is 0 Å². The molecular weight excluding hydrogens is 451 g/mol. The summed E-state index contributed by atoms with van der Waals surface area (Å²) in [6.07, 6.45) is 1.63. The number of imidazole rings is 1. The number of nitrogens with zero attached hydrogens (tertiary/aromatic N) is 4. The highest BCUT2D eigenvalue weighted by molar-refractivity contribution is 7.21. The number of rotatable bonds is 4. The molecule has 0 aliphatic carbocycles. The predicted octanol–water partition coefficient (Wildman–Crippen LogP) is 6.48. The van der Waals surface area contributed by atoms with Crippen LogP contribution >= 0.6 is 11.3 Å². The highest BCUT2D eigenvalue weighted by atomic mass is 32.1. The lowest BCUT2D eigenvalue weighted by Crippen LogP contribution is -2.41. The summed E-state index contributed by atoms with van der Waals surface area (Å²) >= 11 is 1.41. The third kappa shape index (κ3) is 5.01. The monoisotopic (exact) mass is 480 g/mol. The Balaban J connectivity index is 1.97.